The van der Waals surface area contributed by atoms with Crippen molar-refractivity contribution in [2.75, 3.05) is 0 Å². The molecule has 138 valence electrons. The fourth-order valence-corrected chi connectivity index (χ4v) is 2.72. The second-order valence-corrected chi connectivity index (χ2v) is 6.34. The van der Waals surface area contributed by atoms with Gasteiger partial charge in [-0.1, -0.05) is 57.6 Å². The molecular formula is C18H27F3O3. The molecule has 3 N–H and O–H groups in total. The number of aliphatic hydroxyl groups is 3. The summed E-state index contributed by atoms with van der Waals surface area (Å²) in [5, 5.41) is 28.5. The van der Waals surface area contributed by atoms with Crippen LogP contribution in [0.1, 0.15) is 63.0 Å². The Labute approximate surface area is 141 Å². The van der Waals surface area contributed by atoms with Crippen LogP contribution in [0.2, 0.25) is 0 Å². The highest BCUT2D eigenvalue weighted by molar-refractivity contribution is 5.25. The van der Waals surface area contributed by atoms with E-state index in [-0.39, 0.29) is 6.42 Å². The Hall–Kier alpha value is -1.11. The van der Waals surface area contributed by atoms with E-state index >= 15 is 0 Å². The smallest absolute Gasteiger partial charge is 0.343 e. The van der Waals surface area contributed by atoms with Crippen molar-refractivity contribution in [3.05, 3.63) is 35.4 Å². The summed E-state index contributed by atoms with van der Waals surface area (Å²) in [4.78, 5) is 0. The van der Waals surface area contributed by atoms with E-state index in [0.29, 0.717) is 12.0 Å². The summed E-state index contributed by atoms with van der Waals surface area (Å²) in [6, 6.07) is 4.54. The van der Waals surface area contributed by atoms with Crippen molar-refractivity contribution < 1.29 is 28.5 Å². The monoisotopic (exact) mass is 348 g/mol. The highest BCUT2D eigenvalue weighted by atomic mass is 19.4. The minimum absolute atomic E-state index is 0.108. The predicted octanol–water partition coefficient (Wildman–Crippen LogP) is 4.25. The van der Waals surface area contributed by atoms with Gasteiger partial charge in [-0.3, -0.25) is 0 Å². The van der Waals surface area contributed by atoms with Crippen LogP contribution >= 0.6 is 0 Å². The zero-order chi connectivity index (χ0) is 18.2. The van der Waals surface area contributed by atoms with Gasteiger partial charge in [0.05, 0.1) is 5.56 Å². The molecule has 1 aromatic carbocycles. The van der Waals surface area contributed by atoms with Gasteiger partial charge in [0.15, 0.2) is 0 Å². The quantitative estimate of drug-likeness (QED) is 0.438. The first-order chi connectivity index (χ1) is 11.1. The maximum atomic E-state index is 12.5. The summed E-state index contributed by atoms with van der Waals surface area (Å²) in [6.45, 7) is 2.12. The molecule has 1 unspecified atom stereocenters. The van der Waals surface area contributed by atoms with Gasteiger partial charge < -0.3 is 15.3 Å². The van der Waals surface area contributed by atoms with Crippen LogP contribution in [0.25, 0.3) is 0 Å². The lowest BCUT2D eigenvalue weighted by Gasteiger charge is -2.26. The third-order valence-electron chi connectivity index (χ3n) is 4.22. The first-order valence-corrected chi connectivity index (χ1v) is 8.47. The molecule has 0 aliphatic carbocycles. The van der Waals surface area contributed by atoms with Crippen LogP contribution in [0.15, 0.2) is 24.3 Å². The largest absolute Gasteiger partial charge is 0.416 e. The molecule has 0 radical (unpaired) electrons. The van der Waals surface area contributed by atoms with Gasteiger partial charge in [0, 0.05) is 5.92 Å². The maximum absolute atomic E-state index is 12.5. The summed E-state index contributed by atoms with van der Waals surface area (Å²) in [5.41, 5.74) is -0.220. The van der Waals surface area contributed by atoms with Crippen molar-refractivity contribution in [1.29, 1.82) is 0 Å². The molecule has 0 bridgehead atoms. The van der Waals surface area contributed by atoms with Crippen molar-refractivity contribution in [3.8, 4) is 0 Å². The Kier molecular flexibility index (Phi) is 8.19. The third kappa shape index (κ3) is 7.64. The maximum Gasteiger partial charge on any atom is 0.416 e. The lowest BCUT2D eigenvalue weighted by atomic mass is 9.91. The minimum atomic E-state index is -4.40. The molecule has 0 aliphatic rings. The highest BCUT2D eigenvalue weighted by Crippen LogP contribution is 2.30. The van der Waals surface area contributed by atoms with E-state index < -0.39 is 23.6 Å². The Morgan fingerprint density at radius 1 is 0.875 bits per heavy atom. The predicted molar refractivity (Wildman–Crippen MR) is 86.0 cm³/mol. The summed E-state index contributed by atoms with van der Waals surface area (Å²) in [6.07, 6.45) is 2.26. The Bertz CT molecular complexity index is 464. The minimum Gasteiger partial charge on any atom is -0.343 e. The van der Waals surface area contributed by atoms with Gasteiger partial charge in [-0.2, -0.15) is 13.2 Å². The number of benzene rings is 1. The van der Waals surface area contributed by atoms with E-state index in [1.54, 1.807) is 0 Å². The summed E-state index contributed by atoms with van der Waals surface area (Å²) >= 11 is 0. The fourth-order valence-electron chi connectivity index (χ4n) is 2.72. The van der Waals surface area contributed by atoms with Crippen LogP contribution < -0.4 is 0 Å². The molecule has 0 heterocycles. The van der Waals surface area contributed by atoms with Crippen molar-refractivity contribution in [2.24, 2.45) is 5.92 Å². The average molecular weight is 348 g/mol. The van der Waals surface area contributed by atoms with Crippen molar-refractivity contribution in [1.82, 2.24) is 0 Å². The molecule has 0 amide bonds. The molecule has 0 saturated heterocycles. The molecule has 24 heavy (non-hydrogen) atoms. The van der Waals surface area contributed by atoms with E-state index in [1.807, 2.05) is 0 Å². The topological polar surface area (TPSA) is 60.7 Å². The van der Waals surface area contributed by atoms with Crippen LogP contribution in [0.5, 0.6) is 0 Å². The number of hydrogen-bond donors (Lipinski definition) is 3. The van der Waals surface area contributed by atoms with Gasteiger partial charge in [0.25, 0.3) is 5.97 Å². The van der Waals surface area contributed by atoms with E-state index in [9.17, 15) is 28.5 Å². The van der Waals surface area contributed by atoms with Gasteiger partial charge in [0.2, 0.25) is 0 Å². The zero-order valence-electron chi connectivity index (χ0n) is 14.0. The standard InChI is InChI=1S/C18H27F3O3/c1-2-3-4-5-6-7-8-16(18(22,23)24)13-14-9-11-15(12-10-14)17(19,20)21/h9-12,16,22-24H,2-8,13H2,1H3. The molecule has 1 atom stereocenters. The number of hydrogen-bond acceptors (Lipinski definition) is 3. The van der Waals surface area contributed by atoms with Crippen LogP contribution in [0.4, 0.5) is 13.2 Å². The van der Waals surface area contributed by atoms with Crippen LogP contribution in [-0.2, 0) is 12.6 Å². The molecule has 0 fully saturated rings. The van der Waals surface area contributed by atoms with Crippen molar-refractivity contribution in [2.45, 2.75) is 70.4 Å². The lowest BCUT2D eigenvalue weighted by Crippen LogP contribution is -2.38. The van der Waals surface area contributed by atoms with Crippen LogP contribution in [-0.4, -0.2) is 21.3 Å². The summed E-state index contributed by atoms with van der Waals surface area (Å²) in [5.74, 6) is -3.66. The lowest BCUT2D eigenvalue weighted by molar-refractivity contribution is -0.342. The molecular weight excluding hydrogens is 321 g/mol. The second kappa shape index (κ2) is 9.39. The van der Waals surface area contributed by atoms with E-state index in [2.05, 4.69) is 6.92 Å². The van der Waals surface area contributed by atoms with E-state index in [0.717, 1.165) is 44.2 Å². The molecule has 1 rings (SSSR count). The molecule has 0 saturated carbocycles. The first-order valence-electron chi connectivity index (χ1n) is 8.47. The van der Waals surface area contributed by atoms with Gasteiger partial charge in [0.1, 0.15) is 0 Å². The van der Waals surface area contributed by atoms with Crippen molar-refractivity contribution >= 4 is 0 Å². The number of halogens is 3. The highest BCUT2D eigenvalue weighted by Gasteiger charge is 2.33. The van der Waals surface area contributed by atoms with Crippen molar-refractivity contribution in [3.63, 3.8) is 0 Å². The molecule has 0 aliphatic heterocycles. The van der Waals surface area contributed by atoms with Gasteiger partial charge in [-0.15, -0.1) is 0 Å². The Morgan fingerprint density at radius 3 is 1.92 bits per heavy atom. The average Bonchev–Trinajstić information content (AvgIpc) is 2.48. The first kappa shape index (κ1) is 20.9. The second-order valence-electron chi connectivity index (χ2n) is 6.34. The summed E-state index contributed by atoms with van der Waals surface area (Å²) in [7, 11) is 0. The summed E-state index contributed by atoms with van der Waals surface area (Å²) < 4.78 is 37.6. The fraction of sp³-hybridized carbons (Fsp3) is 0.667. The molecule has 3 nitrogen and oxygen atoms in total. The SMILES string of the molecule is CCCCCCCCC(Cc1ccc(C(F)(F)F)cc1)C(O)(O)O. The van der Waals surface area contributed by atoms with Gasteiger partial charge in [-0.25, -0.2) is 0 Å². The van der Waals surface area contributed by atoms with Crippen LogP contribution in [0.3, 0.4) is 0 Å². The van der Waals surface area contributed by atoms with Gasteiger partial charge >= 0.3 is 6.18 Å². The molecule has 0 aromatic heterocycles. The zero-order valence-corrected chi connectivity index (χ0v) is 14.0. The molecule has 0 spiro atoms. The normalized spacial score (nSPS) is 14.0. The third-order valence-corrected chi connectivity index (χ3v) is 4.22. The number of unbranched alkanes of at least 4 members (excludes halogenated alkanes) is 5. The van der Waals surface area contributed by atoms with Gasteiger partial charge in [-0.05, 0) is 30.5 Å². The number of alkyl halides is 3. The van der Waals surface area contributed by atoms with Crippen LogP contribution in [0, 0.1) is 5.92 Å². The Balaban J connectivity index is 2.57. The number of rotatable bonds is 10. The molecule has 6 heteroatoms. The molecule has 1 aromatic rings. The van der Waals surface area contributed by atoms with E-state index in [4.69, 9.17) is 0 Å². The Morgan fingerprint density at radius 2 is 1.42 bits per heavy atom. The van der Waals surface area contributed by atoms with E-state index in [1.165, 1.54) is 18.6 Å².